The summed E-state index contributed by atoms with van der Waals surface area (Å²) >= 11 is 0. The highest BCUT2D eigenvalue weighted by molar-refractivity contribution is 6.03. The lowest BCUT2D eigenvalue weighted by molar-refractivity contribution is 0.653. The van der Waals surface area contributed by atoms with E-state index < -0.39 is 0 Å². The largest absolute Gasteiger partial charge is 0.438 e. The molecule has 2 nitrogen and oxygen atoms in total. The number of pyridine rings is 1. The van der Waals surface area contributed by atoms with Gasteiger partial charge in [0.25, 0.3) is 0 Å². The Labute approximate surface area is 106 Å². The zero-order chi connectivity index (χ0) is 11.9. The van der Waals surface area contributed by atoms with Crippen LogP contribution in [0.3, 0.4) is 0 Å². The Kier molecular flexibility index (Phi) is 2.16. The van der Waals surface area contributed by atoms with E-state index in [1.54, 1.807) is 6.20 Å². The van der Waals surface area contributed by atoms with Gasteiger partial charge >= 0.3 is 0 Å². The van der Waals surface area contributed by atoms with Crippen LogP contribution in [0.2, 0.25) is 0 Å². The second-order valence-corrected chi connectivity index (χ2v) is 5.20. The molecule has 0 aliphatic heterocycles. The van der Waals surface area contributed by atoms with Gasteiger partial charge in [-0.15, -0.1) is 0 Å². The molecule has 0 unspecified atom stereocenters. The Hall–Kier alpha value is -1.83. The molecule has 0 saturated heterocycles. The molecule has 4 rings (SSSR count). The molecule has 1 aliphatic carbocycles. The fraction of sp³-hybridized carbons (Fsp3) is 0.312. The number of rotatable bonds is 1. The van der Waals surface area contributed by atoms with E-state index in [9.17, 15) is 0 Å². The van der Waals surface area contributed by atoms with E-state index in [1.807, 2.05) is 6.07 Å². The van der Waals surface area contributed by atoms with Crippen LogP contribution in [0, 0.1) is 0 Å². The summed E-state index contributed by atoms with van der Waals surface area (Å²) in [6.45, 7) is 0. The van der Waals surface area contributed by atoms with Crippen LogP contribution in [-0.2, 0) is 0 Å². The van der Waals surface area contributed by atoms with Crippen molar-refractivity contribution < 1.29 is 4.42 Å². The maximum absolute atomic E-state index is 5.76. The fourth-order valence-corrected chi connectivity index (χ4v) is 3.14. The maximum atomic E-state index is 5.76. The standard InChI is InChI=1S/C16H15NO/c1-2-5-11(4-1)12-7-8-15-14(10-12)13-6-3-9-17-16(13)18-15/h3,6-11H,1-2,4-5H2. The van der Waals surface area contributed by atoms with Crippen LogP contribution in [0.4, 0.5) is 0 Å². The molecular formula is C16H15NO. The van der Waals surface area contributed by atoms with Crippen molar-refractivity contribution in [2.75, 3.05) is 0 Å². The van der Waals surface area contributed by atoms with Crippen LogP contribution in [0.15, 0.2) is 40.9 Å². The number of nitrogens with zero attached hydrogens (tertiary/aromatic N) is 1. The first-order valence-electron chi connectivity index (χ1n) is 6.69. The Morgan fingerprint density at radius 3 is 2.83 bits per heavy atom. The second kappa shape index (κ2) is 3.84. The third-order valence-electron chi connectivity index (χ3n) is 4.10. The van der Waals surface area contributed by atoms with Crippen LogP contribution in [0.5, 0.6) is 0 Å². The normalized spacial score (nSPS) is 16.9. The van der Waals surface area contributed by atoms with E-state index in [-0.39, 0.29) is 0 Å². The molecule has 1 aliphatic rings. The summed E-state index contributed by atoms with van der Waals surface area (Å²) in [6, 6.07) is 10.7. The van der Waals surface area contributed by atoms with Gasteiger partial charge in [-0.1, -0.05) is 18.9 Å². The van der Waals surface area contributed by atoms with Gasteiger partial charge in [0.1, 0.15) is 5.58 Å². The molecule has 0 bridgehead atoms. The maximum Gasteiger partial charge on any atom is 0.227 e. The summed E-state index contributed by atoms with van der Waals surface area (Å²) in [5.41, 5.74) is 3.16. The van der Waals surface area contributed by atoms with Crippen LogP contribution in [0.1, 0.15) is 37.2 Å². The average Bonchev–Trinajstić information content (AvgIpc) is 3.05. The van der Waals surface area contributed by atoms with Crippen molar-refractivity contribution >= 4 is 22.1 Å². The molecule has 1 aromatic carbocycles. The minimum Gasteiger partial charge on any atom is -0.438 e. The predicted octanol–water partition coefficient (Wildman–Crippen LogP) is 4.64. The Bertz CT molecular complexity index is 707. The Morgan fingerprint density at radius 1 is 1.06 bits per heavy atom. The van der Waals surface area contributed by atoms with E-state index >= 15 is 0 Å². The molecule has 0 spiro atoms. The summed E-state index contributed by atoms with van der Waals surface area (Å²) in [6.07, 6.45) is 7.19. The molecule has 0 radical (unpaired) electrons. The third kappa shape index (κ3) is 1.45. The lowest BCUT2D eigenvalue weighted by Crippen LogP contribution is -1.90. The monoisotopic (exact) mass is 237 g/mol. The number of aromatic nitrogens is 1. The molecule has 3 aromatic rings. The lowest BCUT2D eigenvalue weighted by Gasteiger charge is -2.08. The number of furan rings is 1. The third-order valence-corrected chi connectivity index (χ3v) is 4.10. The molecule has 0 N–H and O–H groups in total. The first-order chi connectivity index (χ1) is 8.92. The highest BCUT2D eigenvalue weighted by Gasteiger charge is 2.18. The quantitative estimate of drug-likeness (QED) is 0.616. The van der Waals surface area contributed by atoms with E-state index in [2.05, 4.69) is 29.2 Å². The summed E-state index contributed by atoms with van der Waals surface area (Å²) < 4.78 is 5.76. The van der Waals surface area contributed by atoms with Crippen LogP contribution in [-0.4, -0.2) is 4.98 Å². The Morgan fingerprint density at radius 2 is 1.94 bits per heavy atom. The average molecular weight is 237 g/mol. The lowest BCUT2D eigenvalue weighted by atomic mass is 9.96. The minimum atomic E-state index is 0.746. The topological polar surface area (TPSA) is 26.0 Å². The van der Waals surface area contributed by atoms with E-state index in [1.165, 1.54) is 36.6 Å². The van der Waals surface area contributed by atoms with Gasteiger partial charge in [0.05, 0.1) is 0 Å². The molecule has 1 saturated carbocycles. The molecule has 18 heavy (non-hydrogen) atoms. The molecule has 2 heteroatoms. The van der Waals surface area contributed by atoms with Crippen molar-refractivity contribution in [2.24, 2.45) is 0 Å². The zero-order valence-electron chi connectivity index (χ0n) is 10.2. The van der Waals surface area contributed by atoms with E-state index in [4.69, 9.17) is 4.42 Å². The van der Waals surface area contributed by atoms with Crippen LogP contribution in [0.25, 0.3) is 22.1 Å². The van der Waals surface area contributed by atoms with E-state index in [0.29, 0.717) is 0 Å². The number of hydrogen-bond acceptors (Lipinski definition) is 2. The molecular weight excluding hydrogens is 222 g/mol. The minimum absolute atomic E-state index is 0.746. The van der Waals surface area contributed by atoms with Crippen molar-refractivity contribution in [1.82, 2.24) is 4.98 Å². The second-order valence-electron chi connectivity index (χ2n) is 5.20. The molecule has 1 fully saturated rings. The number of hydrogen-bond donors (Lipinski definition) is 0. The number of benzene rings is 1. The summed E-state index contributed by atoms with van der Waals surface area (Å²) in [5, 5.41) is 2.34. The fourth-order valence-electron chi connectivity index (χ4n) is 3.14. The van der Waals surface area contributed by atoms with Crippen molar-refractivity contribution in [1.29, 1.82) is 0 Å². The smallest absolute Gasteiger partial charge is 0.227 e. The van der Waals surface area contributed by atoms with Crippen molar-refractivity contribution in [2.45, 2.75) is 31.6 Å². The van der Waals surface area contributed by atoms with Gasteiger partial charge in [0.15, 0.2) is 0 Å². The summed E-state index contributed by atoms with van der Waals surface area (Å²) in [4.78, 5) is 4.28. The zero-order valence-corrected chi connectivity index (χ0v) is 10.2. The predicted molar refractivity (Wildman–Crippen MR) is 72.7 cm³/mol. The highest BCUT2D eigenvalue weighted by Crippen LogP contribution is 2.37. The van der Waals surface area contributed by atoms with Crippen molar-refractivity contribution in [3.8, 4) is 0 Å². The van der Waals surface area contributed by atoms with Crippen LogP contribution < -0.4 is 0 Å². The first-order valence-corrected chi connectivity index (χ1v) is 6.69. The SMILES string of the molecule is c1cnc2oc3ccc(C4CCCC4)cc3c2c1. The van der Waals surface area contributed by atoms with Gasteiger partial charge in [-0.25, -0.2) is 4.98 Å². The van der Waals surface area contributed by atoms with Crippen molar-refractivity contribution in [3.05, 3.63) is 42.1 Å². The molecule has 0 atom stereocenters. The van der Waals surface area contributed by atoms with Crippen molar-refractivity contribution in [3.63, 3.8) is 0 Å². The Balaban J connectivity index is 1.94. The highest BCUT2D eigenvalue weighted by atomic mass is 16.3. The molecule has 2 aromatic heterocycles. The molecule has 0 amide bonds. The van der Waals surface area contributed by atoms with Gasteiger partial charge in [0, 0.05) is 17.0 Å². The number of fused-ring (bicyclic) bond motifs is 3. The summed E-state index contributed by atoms with van der Waals surface area (Å²) in [5.74, 6) is 0.746. The van der Waals surface area contributed by atoms with Crippen LogP contribution >= 0.6 is 0 Å². The van der Waals surface area contributed by atoms with E-state index in [0.717, 1.165) is 22.6 Å². The van der Waals surface area contributed by atoms with Gasteiger partial charge in [-0.2, -0.15) is 0 Å². The van der Waals surface area contributed by atoms with Gasteiger partial charge in [-0.3, -0.25) is 0 Å². The first kappa shape index (κ1) is 10.1. The molecule has 90 valence electrons. The van der Waals surface area contributed by atoms with Gasteiger partial charge in [-0.05, 0) is 48.6 Å². The molecule has 2 heterocycles. The van der Waals surface area contributed by atoms with Gasteiger partial charge < -0.3 is 4.42 Å². The van der Waals surface area contributed by atoms with Gasteiger partial charge in [0.2, 0.25) is 5.71 Å². The summed E-state index contributed by atoms with van der Waals surface area (Å²) in [7, 11) is 0.